The lowest BCUT2D eigenvalue weighted by Gasteiger charge is -2.33. The molecule has 1 saturated heterocycles. The summed E-state index contributed by atoms with van der Waals surface area (Å²) in [7, 11) is 0. The third kappa shape index (κ3) is 3.07. The van der Waals surface area contributed by atoms with E-state index in [1.165, 1.54) is 10.9 Å². The Bertz CT molecular complexity index is 707. The predicted molar refractivity (Wildman–Crippen MR) is 79.2 cm³/mol. The molecule has 23 heavy (non-hydrogen) atoms. The van der Waals surface area contributed by atoms with Gasteiger partial charge in [0.2, 0.25) is 0 Å². The van der Waals surface area contributed by atoms with Crippen LogP contribution in [0.15, 0.2) is 36.5 Å². The van der Waals surface area contributed by atoms with Crippen molar-refractivity contribution >= 4 is 11.9 Å². The van der Waals surface area contributed by atoms with E-state index in [0.29, 0.717) is 13.2 Å². The van der Waals surface area contributed by atoms with Gasteiger partial charge in [0.1, 0.15) is 5.54 Å². The minimum atomic E-state index is -1.31. The molecule has 0 spiro atoms. The van der Waals surface area contributed by atoms with Gasteiger partial charge in [-0.25, -0.2) is 9.48 Å². The molecule has 0 saturated carbocycles. The van der Waals surface area contributed by atoms with Gasteiger partial charge in [0.25, 0.3) is 5.91 Å². The molecule has 0 atom stereocenters. The number of nitrogens with zero attached hydrogens (tertiary/aromatic N) is 3. The first-order valence-electron chi connectivity index (χ1n) is 7.22. The van der Waals surface area contributed by atoms with E-state index < -0.39 is 17.4 Å². The molecule has 1 aliphatic heterocycles. The van der Waals surface area contributed by atoms with Crippen molar-refractivity contribution in [2.24, 2.45) is 0 Å². The molecule has 2 N–H and O–H groups in total. The van der Waals surface area contributed by atoms with Crippen molar-refractivity contribution in [1.82, 2.24) is 20.3 Å². The zero-order chi connectivity index (χ0) is 16.3. The molecule has 1 amide bonds. The number of nitrogens with one attached hydrogen (secondary N) is 1. The number of rotatable bonds is 4. The summed E-state index contributed by atoms with van der Waals surface area (Å²) in [5.74, 6) is -1.62. The first-order chi connectivity index (χ1) is 11.1. The quantitative estimate of drug-likeness (QED) is 0.857. The largest absolute Gasteiger partial charge is 0.480 e. The van der Waals surface area contributed by atoms with Crippen LogP contribution in [0.3, 0.4) is 0 Å². The highest BCUT2D eigenvalue weighted by atomic mass is 16.5. The number of hydrogen-bond acceptors (Lipinski definition) is 5. The number of amides is 1. The standard InChI is InChI=1S/C15H16N4O4/c20-13(16-15(14(21)22)6-8-23-9-7-15)12-10-19(18-17-12)11-4-2-1-3-5-11/h1-5,10H,6-9H2,(H,16,20)(H,21,22). The summed E-state index contributed by atoms with van der Waals surface area (Å²) in [6, 6.07) is 9.22. The number of hydrogen-bond donors (Lipinski definition) is 2. The maximum absolute atomic E-state index is 12.3. The molecule has 0 bridgehead atoms. The third-order valence-corrected chi connectivity index (χ3v) is 3.86. The van der Waals surface area contributed by atoms with Crippen LogP contribution in [0.2, 0.25) is 0 Å². The highest BCUT2D eigenvalue weighted by Gasteiger charge is 2.42. The Morgan fingerprint density at radius 1 is 1.22 bits per heavy atom. The number of aliphatic carboxylic acids is 1. The Kier molecular flexibility index (Phi) is 4.07. The van der Waals surface area contributed by atoms with Gasteiger partial charge in [0.05, 0.1) is 11.9 Å². The average Bonchev–Trinajstić information content (AvgIpc) is 3.06. The van der Waals surface area contributed by atoms with Crippen molar-refractivity contribution in [3.63, 3.8) is 0 Å². The Hall–Kier alpha value is -2.74. The molecule has 0 radical (unpaired) electrons. The summed E-state index contributed by atoms with van der Waals surface area (Å²) < 4.78 is 6.64. The average molecular weight is 316 g/mol. The maximum Gasteiger partial charge on any atom is 0.329 e. The molecule has 0 unspecified atom stereocenters. The molecule has 2 aromatic rings. The van der Waals surface area contributed by atoms with Gasteiger partial charge in [0.15, 0.2) is 5.69 Å². The lowest BCUT2D eigenvalue weighted by molar-refractivity contribution is -0.148. The Labute approximate surface area is 132 Å². The normalized spacial score (nSPS) is 16.7. The zero-order valence-corrected chi connectivity index (χ0v) is 12.3. The van der Waals surface area contributed by atoms with Gasteiger partial charge in [-0.15, -0.1) is 5.10 Å². The topological polar surface area (TPSA) is 106 Å². The molecule has 1 aromatic heterocycles. The second-order valence-corrected chi connectivity index (χ2v) is 5.34. The second kappa shape index (κ2) is 6.17. The van der Waals surface area contributed by atoms with Crippen LogP contribution in [-0.2, 0) is 9.53 Å². The number of carbonyl (C=O) groups is 2. The van der Waals surface area contributed by atoms with E-state index in [1.807, 2.05) is 30.3 Å². The van der Waals surface area contributed by atoms with E-state index in [4.69, 9.17) is 4.74 Å². The van der Waals surface area contributed by atoms with Crippen molar-refractivity contribution in [2.75, 3.05) is 13.2 Å². The first kappa shape index (κ1) is 15.2. The number of aromatic nitrogens is 3. The van der Waals surface area contributed by atoms with Gasteiger partial charge in [0, 0.05) is 26.1 Å². The van der Waals surface area contributed by atoms with E-state index in [1.54, 1.807) is 0 Å². The molecular weight excluding hydrogens is 300 g/mol. The predicted octanol–water partition coefficient (Wildman–Crippen LogP) is 0.631. The highest BCUT2D eigenvalue weighted by Crippen LogP contribution is 2.21. The van der Waals surface area contributed by atoms with E-state index in [2.05, 4.69) is 15.6 Å². The molecule has 2 heterocycles. The van der Waals surface area contributed by atoms with Crippen LogP contribution < -0.4 is 5.32 Å². The number of carbonyl (C=O) groups excluding carboxylic acids is 1. The van der Waals surface area contributed by atoms with Crippen LogP contribution in [-0.4, -0.2) is 50.7 Å². The fourth-order valence-corrected chi connectivity index (χ4v) is 2.47. The van der Waals surface area contributed by atoms with Crippen LogP contribution in [0.25, 0.3) is 5.69 Å². The van der Waals surface area contributed by atoms with Gasteiger partial charge < -0.3 is 15.2 Å². The highest BCUT2D eigenvalue weighted by molar-refractivity contribution is 5.96. The molecule has 1 aliphatic rings. The zero-order valence-electron chi connectivity index (χ0n) is 12.3. The maximum atomic E-state index is 12.3. The SMILES string of the molecule is O=C(NC1(C(=O)O)CCOCC1)c1cn(-c2ccccc2)nn1. The number of benzene rings is 1. The minimum absolute atomic E-state index is 0.0703. The van der Waals surface area contributed by atoms with E-state index in [9.17, 15) is 14.7 Å². The monoisotopic (exact) mass is 316 g/mol. The van der Waals surface area contributed by atoms with E-state index >= 15 is 0 Å². The molecule has 8 heteroatoms. The van der Waals surface area contributed by atoms with Crippen molar-refractivity contribution in [1.29, 1.82) is 0 Å². The lowest BCUT2D eigenvalue weighted by atomic mass is 9.90. The van der Waals surface area contributed by atoms with Crippen LogP contribution >= 0.6 is 0 Å². The molecule has 1 fully saturated rings. The van der Waals surface area contributed by atoms with Crippen molar-refractivity contribution in [3.8, 4) is 5.69 Å². The number of ether oxygens (including phenoxy) is 1. The van der Waals surface area contributed by atoms with Crippen LogP contribution in [0.5, 0.6) is 0 Å². The fourth-order valence-electron chi connectivity index (χ4n) is 2.47. The van der Waals surface area contributed by atoms with Crippen LogP contribution in [0, 0.1) is 0 Å². The van der Waals surface area contributed by atoms with Gasteiger partial charge in [-0.1, -0.05) is 23.4 Å². The Morgan fingerprint density at radius 2 is 1.91 bits per heavy atom. The fraction of sp³-hybridized carbons (Fsp3) is 0.333. The van der Waals surface area contributed by atoms with Crippen molar-refractivity contribution < 1.29 is 19.4 Å². The molecule has 1 aromatic carbocycles. The number of carboxylic acid groups (broad SMARTS) is 1. The Balaban J connectivity index is 1.78. The van der Waals surface area contributed by atoms with E-state index in [-0.39, 0.29) is 18.5 Å². The molecule has 8 nitrogen and oxygen atoms in total. The van der Waals surface area contributed by atoms with E-state index in [0.717, 1.165) is 5.69 Å². The first-order valence-corrected chi connectivity index (χ1v) is 7.22. The van der Waals surface area contributed by atoms with Gasteiger partial charge in [-0.2, -0.15) is 0 Å². The summed E-state index contributed by atoms with van der Waals surface area (Å²) in [4.78, 5) is 23.9. The summed E-state index contributed by atoms with van der Waals surface area (Å²) in [6.07, 6.45) is 1.92. The molecule has 120 valence electrons. The molecular formula is C15H16N4O4. The van der Waals surface area contributed by atoms with Gasteiger partial charge in [-0.05, 0) is 12.1 Å². The van der Waals surface area contributed by atoms with Crippen LogP contribution in [0.4, 0.5) is 0 Å². The van der Waals surface area contributed by atoms with Gasteiger partial charge in [-0.3, -0.25) is 4.79 Å². The van der Waals surface area contributed by atoms with Gasteiger partial charge >= 0.3 is 5.97 Å². The third-order valence-electron chi connectivity index (χ3n) is 3.86. The number of carboxylic acids is 1. The molecule has 3 rings (SSSR count). The summed E-state index contributed by atoms with van der Waals surface area (Å²) in [5, 5.41) is 19.8. The summed E-state index contributed by atoms with van der Waals surface area (Å²) >= 11 is 0. The summed E-state index contributed by atoms with van der Waals surface area (Å²) in [6.45, 7) is 0.590. The Morgan fingerprint density at radius 3 is 2.57 bits per heavy atom. The number of para-hydroxylation sites is 1. The summed E-state index contributed by atoms with van der Waals surface area (Å²) in [5.41, 5.74) is -0.481. The van der Waals surface area contributed by atoms with Crippen molar-refractivity contribution in [3.05, 3.63) is 42.2 Å². The van der Waals surface area contributed by atoms with Crippen molar-refractivity contribution in [2.45, 2.75) is 18.4 Å². The minimum Gasteiger partial charge on any atom is -0.480 e. The second-order valence-electron chi connectivity index (χ2n) is 5.34. The van der Waals surface area contributed by atoms with Crippen LogP contribution in [0.1, 0.15) is 23.3 Å². The lowest BCUT2D eigenvalue weighted by Crippen LogP contribution is -2.57. The molecule has 0 aliphatic carbocycles. The smallest absolute Gasteiger partial charge is 0.329 e.